The molecule has 0 spiro atoms. The lowest BCUT2D eigenvalue weighted by Crippen LogP contribution is -2.33. The van der Waals surface area contributed by atoms with Crippen molar-refractivity contribution in [2.24, 2.45) is 0 Å². The van der Waals surface area contributed by atoms with Crippen molar-refractivity contribution in [1.29, 1.82) is 0 Å². The summed E-state index contributed by atoms with van der Waals surface area (Å²) in [4.78, 5) is 9.41. The minimum atomic E-state index is -1.88. The molecule has 60 valence electrons. The van der Waals surface area contributed by atoms with Crippen molar-refractivity contribution in [3.63, 3.8) is 0 Å². The lowest BCUT2D eigenvalue weighted by atomic mass is 10.5. The van der Waals surface area contributed by atoms with Gasteiger partial charge in [-0.25, -0.2) is 4.79 Å². The first-order valence-corrected chi connectivity index (χ1v) is 3.80. The molecule has 0 aliphatic rings. The van der Waals surface area contributed by atoms with Gasteiger partial charge in [-0.1, -0.05) is 23.2 Å². The van der Waals surface area contributed by atoms with Crippen LogP contribution in [0.5, 0.6) is 0 Å². The molecule has 0 aliphatic heterocycles. The molecule has 0 bridgehead atoms. The van der Waals surface area contributed by atoms with Crippen molar-refractivity contribution in [2.75, 3.05) is 7.11 Å². The van der Waals surface area contributed by atoms with E-state index in [1.54, 1.807) is 0 Å². The number of halogens is 4. The fourth-order valence-corrected chi connectivity index (χ4v) is 0.558. The molecule has 0 unspecified atom stereocenters. The fraction of sp³-hybridized carbons (Fsp3) is 0.750. The summed E-state index contributed by atoms with van der Waals surface area (Å²) < 4.78 is 2.33. The zero-order valence-electron chi connectivity index (χ0n) is 4.91. The SMILES string of the molecule is COC(=O)C(Cl)(Cl)C(Cl)Cl. The molecule has 0 aliphatic carbocycles. The summed E-state index contributed by atoms with van der Waals surface area (Å²) in [6.07, 6.45) is 0. The molecular weight excluding hydrogens is 222 g/mol. The van der Waals surface area contributed by atoms with Crippen LogP contribution in [0.4, 0.5) is 0 Å². The van der Waals surface area contributed by atoms with Gasteiger partial charge in [-0.05, 0) is 0 Å². The van der Waals surface area contributed by atoms with Crippen molar-refractivity contribution in [1.82, 2.24) is 0 Å². The van der Waals surface area contributed by atoms with E-state index in [4.69, 9.17) is 46.4 Å². The maximum Gasteiger partial charge on any atom is 0.345 e. The van der Waals surface area contributed by atoms with Crippen LogP contribution < -0.4 is 0 Å². The quantitative estimate of drug-likeness (QED) is 0.532. The standard InChI is InChI=1S/C4H4Cl4O2/c1-10-3(9)4(7,8)2(5)6/h2H,1H3. The number of carbonyl (C=O) groups excluding carboxylic acids is 1. The third-order valence-corrected chi connectivity index (χ3v) is 2.58. The lowest BCUT2D eigenvalue weighted by Gasteiger charge is -2.16. The molecule has 0 aromatic carbocycles. The molecule has 6 heteroatoms. The van der Waals surface area contributed by atoms with E-state index in [2.05, 4.69) is 4.74 Å². The van der Waals surface area contributed by atoms with Gasteiger partial charge >= 0.3 is 5.97 Å². The van der Waals surface area contributed by atoms with Crippen molar-refractivity contribution >= 4 is 52.4 Å². The summed E-state index contributed by atoms with van der Waals surface area (Å²) in [6, 6.07) is 0. The van der Waals surface area contributed by atoms with E-state index in [9.17, 15) is 4.79 Å². The van der Waals surface area contributed by atoms with Gasteiger partial charge in [0.15, 0.2) is 4.84 Å². The predicted octanol–water partition coefficient (Wildman–Crippen LogP) is 2.14. The average Bonchev–Trinajstić information content (AvgIpc) is 1.86. The van der Waals surface area contributed by atoms with Crippen molar-refractivity contribution < 1.29 is 9.53 Å². The second-order valence-corrected chi connectivity index (χ2v) is 3.90. The van der Waals surface area contributed by atoms with Gasteiger partial charge in [-0.3, -0.25) is 0 Å². The van der Waals surface area contributed by atoms with Gasteiger partial charge in [0.05, 0.1) is 7.11 Å². The molecule has 0 amide bonds. The first-order valence-electron chi connectivity index (χ1n) is 2.17. The summed E-state index contributed by atoms with van der Waals surface area (Å²) in [5.74, 6) is -0.870. The molecule has 0 N–H and O–H groups in total. The van der Waals surface area contributed by atoms with E-state index in [0.29, 0.717) is 0 Å². The second kappa shape index (κ2) is 3.86. The highest BCUT2D eigenvalue weighted by molar-refractivity contribution is 6.66. The number of hydrogen-bond donors (Lipinski definition) is 0. The van der Waals surface area contributed by atoms with Gasteiger partial charge in [-0.15, -0.1) is 23.2 Å². The summed E-state index contributed by atoms with van der Waals surface area (Å²) in [7, 11) is 1.14. The molecule has 0 rings (SSSR count). The van der Waals surface area contributed by atoms with Crippen LogP contribution in [0.2, 0.25) is 0 Å². The Balaban J connectivity index is 4.24. The van der Waals surface area contributed by atoms with Gasteiger partial charge in [-0.2, -0.15) is 0 Å². The molecule has 0 aromatic rings. The van der Waals surface area contributed by atoms with Crippen molar-refractivity contribution in [3.05, 3.63) is 0 Å². The van der Waals surface area contributed by atoms with E-state index < -0.39 is 15.1 Å². The van der Waals surface area contributed by atoms with E-state index >= 15 is 0 Å². The first-order chi connectivity index (χ1) is 4.42. The Morgan fingerprint density at radius 1 is 1.50 bits per heavy atom. The summed E-state index contributed by atoms with van der Waals surface area (Å²) >= 11 is 21.2. The highest BCUT2D eigenvalue weighted by Crippen LogP contribution is 2.32. The van der Waals surface area contributed by atoms with Crippen LogP contribution in [0, 0.1) is 0 Å². The van der Waals surface area contributed by atoms with E-state index in [1.165, 1.54) is 0 Å². The van der Waals surface area contributed by atoms with Crippen LogP contribution in [0.15, 0.2) is 0 Å². The maximum atomic E-state index is 10.6. The maximum absolute atomic E-state index is 10.6. The largest absolute Gasteiger partial charge is 0.467 e. The summed E-state index contributed by atoms with van der Waals surface area (Å²) in [5, 5.41) is 0. The Hall–Kier alpha value is 0.630. The van der Waals surface area contributed by atoms with Gasteiger partial charge in [0.2, 0.25) is 4.33 Å². The van der Waals surface area contributed by atoms with Gasteiger partial charge in [0.1, 0.15) is 0 Å². The zero-order chi connectivity index (χ0) is 8.36. The number of methoxy groups -OCH3 is 1. The monoisotopic (exact) mass is 224 g/mol. The molecular formula is C4H4Cl4O2. The normalized spacial score (nSPS) is 11.8. The molecule has 0 saturated carbocycles. The summed E-state index contributed by atoms with van der Waals surface area (Å²) in [6.45, 7) is 0. The number of hydrogen-bond acceptors (Lipinski definition) is 2. The number of rotatable bonds is 2. The Morgan fingerprint density at radius 3 is 2.00 bits per heavy atom. The van der Waals surface area contributed by atoms with E-state index in [1.807, 2.05) is 0 Å². The average molecular weight is 226 g/mol. The third-order valence-electron chi connectivity index (χ3n) is 0.732. The Labute approximate surface area is 78.3 Å². The molecule has 0 radical (unpaired) electrons. The predicted molar refractivity (Wildman–Crippen MR) is 41.9 cm³/mol. The van der Waals surface area contributed by atoms with Gasteiger partial charge in [0.25, 0.3) is 0 Å². The molecule has 0 aromatic heterocycles. The fourth-order valence-electron chi connectivity index (χ4n) is 0.225. The molecule has 0 saturated heterocycles. The molecule has 10 heavy (non-hydrogen) atoms. The highest BCUT2D eigenvalue weighted by atomic mass is 35.5. The van der Waals surface area contributed by atoms with Crippen molar-refractivity contribution in [3.8, 4) is 0 Å². The van der Waals surface area contributed by atoms with Crippen LogP contribution in [-0.4, -0.2) is 22.2 Å². The zero-order valence-corrected chi connectivity index (χ0v) is 7.93. The number of ether oxygens (including phenoxy) is 1. The first kappa shape index (κ1) is 10.6. The third kappa shape index (κ3) is 2.35. The van der Waals surface area contributed by atoms with Crippen LogP contribution in [0.1, 0.15) is 0 Å². The Kier molecular flexibility index (Phi) is 4.10. The number of carbonyl (C=O) groups is 1. The summed E-state index contributed by atoms with van der Waals surface area (Å²) in [5.41, 5.74) is 0. The Bertz CT molecular complexity index is 133. The van der Waals surface area contributed by atoms with Crippen LogP contribution in [-0.2, 0) is 9.53 Å². The highest BCUT2D eigenvalue weighted by Gasteiger charge is 2.41. The van der Waals surface area contributed by atoms with Gasteiger partial charge in [0, 0.05) is 0 Å². The van der Waals surface area contributed by atoms with E-state index in [-0.39, 0.29) is 0 Å². The molecule has 0 atom stereocenters. The van der Waals surface area contributed by atoms with Crippen LogP contribution in [0.3, 0.4) is 0 Å². The number of alkyl halides is 4. The van der Waals surface area contributed by atoms with Crippen LogP contribution in [0.25, 0.3) is 0 Å². The molecule has 0 heterocycles. The topological polar surface area (TPSA) is 26.3 Å². The van der Waals surface area contributed by atoms with Gasteiger partial charge < -0.3 is 4.74 Å². The van der Waals surface area contributed by atoms with Crippen molar-refractivity contribution in [2.45, 2.75) is 9.17 Å². The Morgan fingerprint density at radius 2 is 1.90 bits per heavy atom. The minimum absolute atomic E-state index is 0.870. The van der Waals surface area contributed by atoms with E-state index in [0.717, 1.165) is 7.11 Å². The van der Waals surface area contributed by atoms with Crippen LogP contribution >= 0.6 is 46.4 Å². The minimum Gasteiger partial charge on any atom is -0.467 e. The second-order valence-electron chi connectivity index (χ2n) is 1.42. The lowest BCUT2D eigenvalue weighted by molar-refractivity contribution is -0.141. The smallest absolute Gasteiger partial charge is 0.345 e. The molecule has 2 nitrogen and oxygen atoms in total. The molecule has 0 fully saturated rings. The number of esters is 1.